The summed E-state index contributed by atoms with van der Waals surface area (Å²) in [5.41, 5.74) is 1.36. The van der Waals surface area contributed by atoms with Crippen molar-refractivity contribution < 1.29 is 22.3 Å². The lowest BCUT2D eigenvalue weighted by Gasteiger charge is -2.22. The van der Waals surface area contributed by atoms with Crippen LogP contribution < -0.4 is 9.04 Å². The first-order chi connectivity index (χ1) is 15.3. The van der Waals surface area contributed by atoms with Crippen molar-refractivity contribution >= 4 is 21.6 Å². The third-order valence-corrected chi connectivity index (χ3v) is 6.89. The molecule has 3 aromatic carbocycles. The van der Waals surface area contributed by atoms with Crippen LogP contribution in [0.2, 0.25) is 0 Å². The standard InChI is InChI=1S/C24H25FN2O4S/c1-4-27(17-18-7-5-9-20(25)15-18)24(28)19-8-6-10-23(16-19)32(29,30)26(2)21-11-13-22(31-3)14-12-21/h5-16H,4,17H2,1-3H3. The number of nitrogens with zero attached hydrogens (tertiary/aromatic N) is 2. The molecule has 0 spiro atoms. The molecular weight excluding hydrogens is 431 g/mol. The Morgan fingerprint density at radius 1 is 1.00 bits per heavy atom. The van der Waals surface area contributed by atoms with Gasteiger partial charge < -0.3 is 9.64 Å². The molecule has 0 aliphatic heterocycles. The van der Waals surface area contributed by atoms with E-state index in [0.29, 0.717) is 23.5 Å². The van der Waals surface area contributed by atoms with E-state index in [1.165, 1.54) is 49.4 Å². The highest BCUT2D eigenvalue weighted by Crippen LogP contribution is 2.25. The summed E-state index contributed by atoms with van der Waals surface area (Å²) in [6, 6.07) is 18.6. The normalized spacial score (nSPS) is 11.1. The molecule has 0 radical (unpaired) electrons. The maximum atomic E-state index is 13.5. The summed E-state index contributed by atoms with van der Waals surface area (Å²) >= 11 is 0. The maximum absolute atomic E-state index is 13.5. The van der Waals surface area contributed by atoms with E-state index in [1.54, 1.807) is 42.5 Å². The van der Waals surface area contributed by atoms with Crippen LogP contribution in [-0.4, -0.2) is 39.9 Å². The van der Waals surface area contributed by atoms with Crippen LogP contribution >= 0.6 is 0 Å². The molecule has 0 bridgehead atoms. The second-order valence-corrected chi connectivity index (χ2v) is 9.12. The highest BCUT2D eigenvalue weighted by molar-refractivity contribution is 7.92. The number of halogens is 1. The molecule has 0 saturated heterocycles. The lowest BCUT2D eigenvalue weighted by molar-refractivity contribution is 0.0752. The molecule has 6 nitrogen and oxygen atoms in total. The van der Waals surface area contributed by atoms with Gasteiger partial charge in [0.2, 0.25) is 0 Å². The van der Waals surface area contributed by atoms with Gasteiger partial charge in [-0.1, -0.05) is 18.2 Å². The minimum Gasteiger partial charge on any atom is -0.497 e. The van der Waals surface area contributed by atoms with Gasteiger partial charge in [0.15, 0.2) is 0 Å². The van der Waals surface area contributed by atoms with E-state index in [4.69, 9.17) is 4.74 Å². The van der Waals surface area contributed by atoms with Gasteiger partial charge in [0.1, 0.15) is 11.6 Å². The van der Waals surface area contributed by atoms with Gasteiger partial charge in [-0.25, -0.2) is 12.8 Å². The lowest BCUT2D eigenvalue weighted by Crippen LogP contribution is -2.31. The zero-order chi connectivity index (χ0) is 23.3. The number of benzene rings is 3. The van der Waals surface area contributed by atoms with Crippen molar-refractivity contribution in [2.75, 3.05) is 25.0 Å². The Bertz CT molecular complexity index is 1200. The van der Waals surface area contributed by atoms with Crippen LogP contribution in [0.15, 0.2) is 77.7 Å². The molecule has 0 saturated carbocycles. The summed E-state index contributed by atoms with van der Waals surface area (Å²) < 4.78 is 46.1. The quantitative estimate of drug-likeness (QED) is 0.506. The topological polar surface area (TPSA) is 66.9 Å². The summed E-state index contributed by atoms with van der Waals surface area (Å²) in [5.74, 6) is -0.0910. The van der Waals surface area contributed by atoms with Crippen molar-refractivity contribution in [2.45, 2.75) is 18.4 Å². The fourth-order valence-electron chi connectivity index (χ4n) is 3.24. The van der Waals surface area contributed by atoms with Gasteiger partial charge in [-0.3, -0.25) is 9.10 Å². The predicted octanol–water partition coefficient (Wildman–Crippen LogP) is 4.32. The van der Waals surface area contributed by atoms with Gasteiger partial charge in [-0.2, -0.15) is 0 Å². The lowest BCUT2D eigenvalue weighted by atomic mass is 10.1. The fraction of sp³-hybridized carbons (Fsp3) is 0.208. The molecule has 0 fully saturated rings. The number of carbonyl (C=O) groups is 1. The van der Waals surface area contributed by atoms with Crippen LogP contribution in [0.4, 0.5) is 10.1 Å². The van der Waals surface area contributed by atoms with Crippen molar-refractivity contribution in [2.24, 2.45) is 0 Å². The number of amides is 1. The van der Waals surface area contributed by atoms with E-state index >= 15 is 0 Å². The summed E-state index contributed by atoms with van der Waals surface area (Å²) in [4.78, 5) is 14.6. The van der Waals surface area contributed by atoms with E-state index in [-0.39, 0.29) is 28.7 Å². The van der Waals surface area contributed by atoms with E-state index in [2.05, 4.69) is 0 Å². The number of rotatable bonds is 8. The molecule has 0 heterocycles. The summed E-state index contributed by atoms with van der Waals surface area (Å²) in [6.07, 6.45) is 0. The van der Waals surface area contributed by atoms with Gasteiger partial charge in [-0.15, -0.1) is 0 Å². The first-order valence-electron chi connectivity index (χ1n) is 10.0. The summed E-state index contributed by atoms with van der Waals surface area (Å²) in [7, 11) is -0.906. The first-order valence-corrected chi connectivity index (χ1v) is 11.5. The van der Waals surface area contributed by atoms with Crippen LogP contribution in [-0.2, 0) is 16.6 Å². The van der Waals surface area contributed by atoms with Crippen LogP contribution in [0, 0.1) is 5.82 Å². The molecule has 0 atom stereocenters. The number of methoxy groups -OCH3 is 1. The van der Waals surface area contributed by atoms with E-state index in [0.717, 1.165) is 4.31 Å². The largest absolute Gasteiger partial charge is 0.497 e. The van der Waals surface area contributed by atoms with Crippen molar-refractivity contribution in [1.82, 2.24) is 4.90 Å². The highest BCUT2D eigenvalue weighted by Gasteiger charge is 2.23. The molecule has 0 aliphatic carbocycles. The van der Waals surface area contributed by atoms with Gasteiger partial charge >= 0.3 is 0 Å². The molecule has 8 heteroatoms. The number of anilines is 1. The van der Waals surface area contributed by atoms with Gasteiger partial charge in [-0.05, 0) is 67.1 Å². The maximum Gasteiger partial charge on any atom is 0.264 e. The number of ether oxygens (including phenoxy) is 1. The highest BCUT2D eigenvalue weighted by atomic mass is 32.2. The Morgan fingerprint density at radius 2 is 1.69 bits per heavy atom. The monoisotopic (exact) mass is 456 g/mol. The van der Waals surface area contributed by atoms with Crippen molar-refractivity contribution in [3.05, 3.63) is 89.7 Å². The molecule has 32 heavy (non-hydrogen) atoms. The fourth-order valence-corrected chi connectivity index (χ4v) is 4.49. The Labute approximate surface area is 187 Å². The number of carbonyl (C=O) groups excluding carboxylic acids is 1. The second kappa shape index (κ2) is 9.82. The van der Waals surface area contributed by atoms with Crippen LogP contribution in [0.1, 0.15) is 22.8 Å². The smallest absolute Gasteiger partial charge is 0.264 e. The van der Waals surface area contributed by atoms with Crippen LogP contribution in [0.5, 0.6) is 5.75 Å². The number of hydrogen-bond donors (Lipinski definition) is 0. The van der Waals surface area contributed by atoms with Gasteiger partial charge in [0, 0.05) is 25.7 Å². The molecule has 0 aliphatic rings. The molecular formula is C24H25FN2O4S. The molecule has 3 rings (SSSR count). The first kappa shape index (κ1) is 23.3. The van der Waals surface area contributed by atoms with Crippen LogP contribution in [0.25, 0.3) is 0 Å². The van der Waals surface area contributed by atoms with Crippen molar-refractivity contribution in [3.63, 3.8) is 0 Å². The molecule has 0 aromatic heterocycles. The zero-order valence-electron chi connectivity index (χ0n) is 18.2. The third-order valence-electron chi connectivity index (χ3n) is 5.11. The second-order valence-electron chi connectivity index (χ2n) is 7.15. The number of sulfonamides is 1. The molecule has 1 amide bonds. The van der Waals surface area contributed by atoms with Crippen molar-refractivity contribution in [1.29, 1.82) is 0 Å². The average Bonchev–Trinajstić information content (AvgIpc) is 2.81. The molecule has 0 N–H and O–H groups in total. The number of hydrogen-bond acceptors (Lipinski definition) is 4. The molecule has 168 valence electrons. The third kappa shape index (κ3) is 5.08. The summed E-state index contributed by atoms with van der Waals surface area (Å²) in [5, 5.41) is 0. The van der Waals surface area contributed by atoms with Crippen molar-refractivity contribution in [3.8, 4) is 5.75 Å². The van der Waals surface area contributed by atoms with Gasteiger partial charge in [0.05, 0.1) is 17.7 Å². The molecule has 0 unspecified atom stereocenters. The Kier molecular flexibility index (Phi) is 7.15. The van der Waals surface area contributed by atoms with Crippen LogP contribution in [0.3, 0.4) is 0 Å². The average molecular weight is 457 g/mol. The Morgan fingerprint density at radius 3 is 2.31 bits per heavy atom. The SMILES string of the molecule is CCN(Cc1cccc(F)c1)C(=O)c1cccc(S(=O)(=O)N(C)c2ccc(OC)cc2)c1. The summed E-state index contributed by atoms with van der Waals surface area (Å²) in [6.45, 7) is 2.42. The molecule has 3 aromatic rings. The van der Waals surface area contributed by atoms with E-state index in [9.17, 15) is 17.6 Å². The van der Waals surface area contributed by atoms with E-state index < -0.39 is 10.0 Å². The minimum absolute atomic E-state index is 0.00322. The Hall–Kier alpha value is -3.39. The predicted molar refractivity (Wildman–Crippen MR) is 122 cm³/mol. The Balaban J connectivity index is 1.86. The van der Waals surface area contributed by atoms with E-state index in [1.807, 2.05) is 6.92 Å². The zero-order valence-corrected chi connectivity index (χ0v) is 19.0. The van der Waals surface area contributed by atoms with Gasteiger partial charge in [0.25, 0.3) is 15.9 Å². The minimum atomic E-state index is -3.89.